The predicted octanol–water partition coefficient (Wildman–Crippen LogP) is 2.40. The van der Waals surface area contributed by atoms with Gasteiger partial charge in [0.1, 0.15) is 0 Å². The maximum Gasteiger partial charge on any atom is 0.324 e. The van der Waals surface area contributed by atoms with E-state index >= 15 is 0 Å². The van der Waals surface area contributed by atoms with Gasteiger partial charge in [0.25, 0.3) is 5.91 Å². The molecule has 1 aromatic rings. The van der Waals surface area contributed by atoms with Crippen molar-refractivity contribution in [1.29, 1.82) is 0 Å². The maximum absolute atomic E-state index is 12.1. The van der Waals surface area contributed by atoms with E-state index in [2.05, 4.69) is 38.2 Å². The van der Waals surface area contributed by atoms with Crippen molar-refractivity contribution in [2.45, 2.75) is 52.1 Å². The molecule has 1 atom stereocenters. The average Bonchev–Trinajstić information content (AvgIpc) is 2.97. The molecule has 2 rings (SSSR count). The van der Waals surface area contributed by atoms with Crippen LogP contribution in [0.25, 0.3) is 0 Å². The Bertz CT molecular complexity index is 646. The first-order valence-electron chi connectivity index (χ1n) is 8.56. The molecule has 0 saturated carbocycles. The van der Waals surface area contributed by atoms with Gasteiger partial charge < -0.3 is 10.1 Å². The fourth-order valence-electron chi connectivity index (χ4n) is 2.63. The number of esters is 1. The second-order valence-corrected chi connectivity index (χ2v) is 7.30. The molecule has 1 N–H and O–H groups in total. The molecule has 6 nitrogen and oxygen atoms in total. The standard InChI is InChI=1S/C19H26N2O4/c1-13(17(23)21-12-11-20-18(21)24)25-16(22)10-7-14-5-8-15(9-6-14)19(2,3)4/h5-6,8-9,13H,7,10-12H2,1-4H3,(H,20,24)/t13-/m1/s1. The van der Waals surface area contributed by atoms with Crippen LogP contribution in [0.15, 0.2) is 24.3 Å². The van der Waals surface area contributed by atoms with Crippen LogP contribution in [0, 0.1) is 0 Å². The number of imide groups is 1. The normalized spacial score (nSPS) is 15.7. The Morgan fingerprint density at radius 1 is 1.24 bits per heavy atom. The van der Waals surface area contributed by atoms with Crippen molar-refractivity contribution >= 4 is 17.9 Å². The summed E-state index contributed by atoms with van der Waals surface area (Å²) in [6.07, 6.45) is -0.216. The van der Waals surface area contributed by atoms with Gasteiger partial charge in [0, 0.05) is 19.5 Å². The Morgan fingerprint density at radius 3 is 2.40 bits per heavy atom. The summed E-state index contributed by atoms with van der Waals surface area (Å²) >= 11 is 0. The predicted molar refractivity (Wildman–Crippen MR) is 94.1 cm³/mol. The van der Waals surface area contributed by atoms with Gasteiger partial charge in [0.05, 0.1) is 0 Å². The summed E-state index contributed by atoms with van der Waals surface area (Å²) in [5.74, 6) is -0.932. The highest BCUT2D eigenvalue weighted by Gasteiger charge is 2.31. The van der Waals surface area contributed by atoms with E-state index in [9.17, 15) is 14.4 Å². The number of benzene rings is 1. The molecule has 0 radical (unpaired) electrons. The number of nitrogens with zero attached hydrogens (tertiary/aromatic N) is 1. The lowest BCUT2D eigenvalue weighted by Crippen LogP contribution is -2.41. The Kier molecular flexibility index (Phi) is 5.82. The monoisotopic (exact) mass is 346 g/mol. The maximum atomic E-state index is 12.1. The zero-order chi connectivity index (χ0) is 18.6. The third kappa shape index (κ3) is 5.05. The minimum atomic E-state index is -0.959. The number of amides is 3. The Morgan fingerprint density at radius 2 is 1.88 bits per heavy atom. The molecule has 0 aliphatic carbocycles. The molecule has 1 aromatic carbocycles. The molecule has 6 heteroatoms. The van der Waals surface area contributed by atoms with E-state index in [0.717, 1.165) is 10.5 Å². The minimum Gasteiger partial charge on any atom is -0.453 e. The highest BCUT2D eigenvalue weighted by molar-refractivity contribution is 5.98. The van der Waals surface area contributed by atoms with Crippen LogP contribution in [0.2, 0.25) is 0 Å². The van der Waals surface area contributed by atoms with Crippen molar-refractivity contribution in [2.75, 3.05) is 13.1 Å². The number of aryl methyl sites for hydroxylation is 1. The van der Waals surface area contributed by atoms with Crippen LogP contribution in [0.3, 0.4) is 0 Å². The van der Waals surface area contributed by atoms with E-state index in [0.29, 0.717) is 19.5 Å². The fraction of sp³-hybridized carbons (Fsp3) is 0.526. The van der Waals surface area contributed by atoms with Gasteiger partial charge in [-0.05, 0) is 29.9 Å². The van der Waals surface area contributed by atoms with E-state index in [4.69, 9.17) is 4.74 Å². The molecule has 1 heterocycles. The first-order chi connectivity index (χ1) is 11.7. The molecule has 1 aliphatic rings. The number of nitrogens with one attached hydrogen (secondary N) is 1. The summed E-state index contributed by atoms with van der Waals surface area (Å²) in [7, 11) is 0. The van der Waals surface area contributed by atoms with Crippen LogP contribution >= 0.6 is 0 Å². The summed E-state index contributed by atoms with van der Waals surface area (Å²) in [6.45, 7) is 8.68. The van der Waals surface area contributed by atoms with Crippen molar-refractivity contribution in [3.63, 3.8) is 0 Å². The second-order valence-electron chi connectivity index (χ2n) is 7.30. The molecule has 0 spiro atoms. The van der Waals surface area contributed by atoms with Gasteiger partial charge in [-0.1, -0.05) is 45.0 Å². The minimum absolute atomic E-state index is 0.0924. The van der Waals surface area contributed by atoms with Crippen LogP contribution in [-0.4, -0.2) is 42.0 Å². The van der Waals surface area contributed by atoms with Gasteiger partial charge in [-0.15, -0.1) is 0 Å². The summed E-state index contributed by atoms with van der Waals surface area (Å²) in [4.78, 5) is 36.6. The van der Waals surface area contributed by atoms with Gasteiger partial charge in [0.2, 0.25) is 0 Å². The Balaban J connectivity index is 1.82. The highest BCUT2D eigenvalue weighted by atomic mass is 16.5. The van der Waals surface area contributed by atoms with Crippen LogP contribution in [0.1, 0.15) is 45.2 Å². The third-order valence-electron chi connectivity index (χ3n) is 4.22. The van der Waals surface area contributed by atoms with E-state index in [1.54, 1.807) is 0 Å². The molecule has 0 bridgehead atoms. The van der Waals surface area contributed by atoms with Crippen LogP contribution in [0.5, 0.6) is 0 Å². The summed E-state index contributed by atoms with van der Waals surface area (Å²) in [6, 6.07) is 7.72. The van der Waals surface area contributed by atoms with E-state index in [1.807, 2.05) is 12.1 Å². The topological polar surface area (TPSA) is 75.7 Å². The molecular weight excluding hydrogens is 320 g/mol. The summed E-state index contributed by atoms with van der Waals surface area (Å²) in [5.41, 5.74) is 2.37. The number of urea groups is 1. The van der Waals surface area contributed by atoms with Crippen LogP contribution in [0.4, 0.5) is 4.79 Å². The molecular formula is C19H26N2O4. The quantitative estimate of drug-likeness (QED) is 0.831. The van der Waals surface area contributed by atoms with Crippen molar-refractivity contribution in [1.82, 2.24) is 10.2 Å². The smallest absolute Gasteiger partial charge is 0.324 e. The van der Waals surface area contributed by atoms with Gasteiger partial charge in [0.15, 0.2) is 6.10 Å². The highest BCUT2D eigenvalue weighted by Crippen LogP contribution is 2.22. The molecule has 1 aliphatic heterocycles. The number of rotatable bonds is 5. The fourth-order valence-corrected chi connectivity index (χ4v) is 2.63. The van der Waals surface area contributed by atoms with Gasteiger partial charge in [-0.25, -0.2) is 4.79 Å². The van der Waals surface area contributed by atoms with Gasteiger partial charge in [-0.2, -0.15) is 0 Å². The first-order valence-corrected chi connectivity index (χ1v) is 8.56. The lowest BCUT2D eigenvalue weighted by molar-refractivity contribution is -0.157. The summed E-state index contributed by atoms with van der Waals surface area (Å²) < 4.78 is 5.16. The van der Waals surface area contributed by atoms with E-state index in [1.165, 1.54) is 12.5 Å². The number of carbonyl (C=O) groups excluding carboxylic acids is 3. The van der Waals surface area contributed by atoms with Crippen molar-refractivity contribution in [3.8, 4) is 0 Å². The first kappa shape index (κ1) is 19.0. The lowest BCUT2D eigenvalue weighted by Gasteiger charge is -2.19. The molecule has 1 fully saturated rings. The van der Waals surface area contributed by atoms with Crippen molar-refractivity contribution < 1.29 is 19.1 Å². The van der Waals surface area contributed by atoms with Crippen molar-refractivity contribution in [2.24, 2.45) is 0 Å². The van der Waals surface area contributed by atoms with Crippen LogP contribution < -0.4 is 5.32 Å². The lowest BCUT2D eigenvalue weighted by atomic mass is 9.86. The molecule has 0 unspecified atom stereocenters. The zero-order valence-electron chi connectivity index (χ0n) is 15.3. The number of ether oxygens (including phenoxy) is 1. The zero-order valence-corrected chi connectivity index (χ0v) is 15.3. The molecule has 25 heavy (non-hydrogen) atoms. The third-order valence-corrected chi connectivity index (χ3v) is 4.22. The second kappa shape index (κ2) is 7.68. The van der Waals surface area contributed by atoms with Crippen LogP contribution in [-0.2, 0) is 26.2 Å². The molecule has 3 amide bonds. The average molecular weight is 346 g/mol. The molecule has 136 valence electrons. The Labute approximate surface area is 148 Å². The molecule has 1 saturated heterocycles. The van der Waals surface area contributed by atoms with E-state index in [-0.39, 0.29) is 11.8 Å². The SMILES string of the molecule is C[C@@H](OC(=O)CCc1ccc(C(C)(C)C)cc1)C(=O)N1CCNC1=O. The van der Waals surface area contributed by atoms with Gasteiger partial charge in [-0.3, -0.25) is 14.5 Å². The summed E-state index contributed by atoms with van der Waals surface area (Å²) in [5, 5.41) is 2.55. The number of carbonyl (C=O) groups is 3. The van der Waals surface area contributed by atoms with Gasteiger partial charge >= 0.3 is 12.0 Å². The van der Waals surface area contributed by atoms with E-state index < -0.39 is 24.0 Å². The molecule has 0 aromatic heterocycles. The number of hydrogen-bond acceptors (Lipinski definition) is 4. The largest absolute Gasteiger partial charge is 0.453 e. The number of hydrogen-bond donors (Lipinski definition) is 1. The van der Waals surface area contributed by atoms with Crippen molar-refractivity contribution in [3.05, 3.63) is 35.4 Å². The Hall–Kier alpha value is -2.37.